The molecule has 3 rings (SSSR count). The molecule has 1 N–H and O–H groups in total. The molecule has 1 atom stereocenters. The number of imidazole rings is 1. The van der Waals surface area contributed by atoms with E-state index in [2.05, 4.69) is 5.32 Å². The standard InChI is InChI=1S/C13H12FN3O3.C2H6/c1-16-11-7(14)3-2-4-8(11)17(13(16)20)9-5-6-10(18)15-12(9)19;1-2/h2-4,9H,5-6H2,1H3,(H,15,18,19);1-2H3. The highest BCUT2D eigenvalue weighted by molar-refractivity contribution is 6.00. The first kappa shape index (κ1) is 15.9. The minimum Gasteiger partial charge on any atom is -0.295 e. The van der Waals surface area contributed by atoms with Crippen molar-refractivity contribution < 1.29 is 14.0 Å². The van der Waals surface area contributed by atoms with Crippen molar-refractivity contribution in [3.05, 3.63) is 34.5 Å². The number of hydrogen-bond donors (Lipinski definition) is 1. The Bertz CT molecular complexity index is 791. The van der Waals surface area contributed by atoms with Gasteiger partial charge in [0.15, 0.2) is 0 Å². The molecule has 0 aliphatic carbocycles. The molecule has 6 nitrogen and oxygen atoms in total. The third-order valence-electron chi connectivity index (χ3n) is 3.58. The van der Waals surface area contributed by atoms with Crippen LogP contribution < -0.4 is 11.0 Å². The average Bonchev–Trinajstić information content (AvgIpc) is 2.75. The van der Waals surface area contributed by atoms with Crippen LogP contribution in [0.25, 0.3) is 11.0 Å². The highest BCUT2D eigenvalue weighted by Crippen LogP contribution is 2.24. The molecule has 1 aromatic carbocycles. The summed E-state index contributed by atoms with van der Waals surface area (Å²) in [5.74, 6) is -1.40. The topological polar surface area (TPSA) is 73.1 Å². The molecule has 1 unspecified atom stereocenters. The monoisotopic (exact) mass is 307 g/mol. The van der Waals surface area contributed by atoms with Crippen LogP contribution in [0.15, 0.2) is 23.0 Å². The van der Waals surface area contributed by atoms with Crippen molar-refractivity contribution in [3.8, 4) is 0 Å². The average molecular weight is 307 g/mol. The normalized spacial score (nSPS) is 17.9. The van der Waals surface area contributed by atoms with Crippen molar-refractivity contribution in [3.63, 3.8) is 0 Å². The fourth-order valence-corrected chi connectivity index (χ4v) is 2.62. The number of halogens is 1. The summed E-state index contributed by atoms with van der Waals surface area (Å²) in [5, 5.41) is 2.20. The molecule has 0 bridgehead atoms. The van der Waals surface area contributed by atoms with Gasteiger partial charge in [-0.1, -0.05) is 19.9 Å². The minimum atomic E-state index is -0.786. The van der Waals surface area contributed by atoms with Crippen molar-refractivity contribution in [2.45, 2.75) is 32.7 Å². The second-order valence-corrected chi connectivity index (χ2v) is 4.79. The van der Waals surface area contributed by atoms with Gasteiger partial charge in [0.2, 0.25) is 11.8 Å². The Kier molecular flexibility index (Phi) is 4.44. The van der Waals surface area contributed by atoms with Gasteiger partial charge in [0.1, 0.15) is 17.4 Å². The molecule has 1 aromatic heterocycles. The number of aromatic nitrogens is 2. The number of carbonyl (C=O) groups is 2. The zero-order valence-corrected chi connectivity index (χ0v) is 12.7. The number of para-hydroxylation sites is 1. The van der Waals surface area contributed by atoms with Gasteiger partial charge < -0.3 is 0 Å². The van der Waals surface area contributed by atoms with Crippen LogP contribution in [-0.2, 0) is 16.6 Å². The van der Waals surface area contributed by atoms with E-state index in [0.717, 1.165) is 0 Å². The lowest BCUT2D eigenvalue weighted by Gasteiger charge is -2.21. The Hall–Kier alpha value is -2.44. The predicted octanol–water partition coefficient (Wildman–Crippen LogP) is 1.48. The van der Waals surface area contributed by atoms with Gasteiger partial charge in [0.25, 0.3) is 0 Å². The SMILES string of the molecule is CC.Cn1c(=O)n(C2CCC(=O)NC2=O)c2cccc(F)c21. The molecular weight excluding hydrogens is 289 g/mol. The van der Waals surface area contributed by atoms with E-state index in [1.54, 1.807) is 6.07 Å². The van der Waals surface area contributed by atoms with E-state index in [0.29, 0.717) is 5.52 Å². The number of rotatable bonds is 1. The van der Waals surface area contributed by atoms with Gasteiger partial charge in [-0.2, -0.15) is 0 Å². The Morgan fingerprint density at radius 2 is 1.91 bits per heavy atom. The Morgan fingerprint density at radius 3 is 2.55 bits per heavy atom. The Morgan fingerprint density at radius 1 is 1.23 bits per heavy atom. The molecule has 2 amide bonds. The van der Waals surface area contributed by atoms with Crippen LogP contribution in [0, 0.1) is 5.82 Å². The smallest absolute Gasteiger partial charge is 0.295 e. The first-order valence-corrected chi connectivity index (χ1v) is 7.20. The number of nitrogens with one attached hydrogen (secondary N) is 1. The van der Waals surface area contributed by atoms with Crippen molar-refractivity contribution in [1.29, 1.82) is 0 Å². The summed E-state index contributed by atoms with van der Waals surface area (Å²) in [6, 6.07) is 3.55. The maximum absolute atomic E-state index is 13.8. The van der Waals surface area contributed by atoms with Crippen LogP contribution in [0.2, 0.25) is 0 Å². The Balaban J connectivity index is 0.000000847. The van der Waals surface area contributed by atoms with Crippen LogP contribution in [0.1, 0.15) is 32.7 Å². The van der Waals surface area contributed by atoms with Crippen LogP contribution in [0.4, 0.5) is 4.39 Å². The van der Waals surface area contributed by atoms with E-state index in [1.807, 2.05) is 13.8 Å². The number of carbonyl (C=O) groups excluding carboxylic acids is 2. The third-order valence-corrected chi connectivity index (χ3v) is 3.58. The van der Waals surface area contributed by atoms with Crippen LogP contribution in [-0.4, -0.2) is 20.9 Å². The molecule has 1 fully saturated rings. The summed E-state index contributed by atoms with van der Waals surface area (Å²) in [5.41, 5.74) is 0.0359. The van der Waals surface area contributed by atoms with E-state index in [9.17, 15) is 18.8 Å². The van der Waals surface area contributed by atoms with E-state index < -0.39 is 23.5 Å². The largest absolute Gasteiger partial charge is 0.329 e. The molecule has 0 saturated carbocycles. The highest BCUT2D eigenvalue weighted by atomic mass is 19.1. The fourth-order valence-electron chi connectivity index (χ4n) is 2.62. The third kappa shape index (κ3) is 2.43. The van der Waals surface area contributed by atoms with Crippen molar-refractivity contribution in [2.75, 3.05) is 0 Å². The maximum Gasteiger partial charge on any atom is 0.329 e. The van der Waals surface area contributed by atoms with Gasteiger partial charge in [-0.15, -0.1) is 0 Å². The summed E-state index contributed by atoms with van der Waals surface area (Å²) in [4.78, 5) is 35.3. The van der Waals surface area contributed by atoms with E-state index in [1.165, 1.54) is 28.3 Å². The van der Waals surface area contributed by atoms with Crippen LogP contribution in [0.3, 0.4) is 0 Å². The molecule has 1 saturated heterocycles. The number of fused-ring (bicyclic) bond motifs is 1. The van der Waals surface area contributed by atoms with E-state index >= 15 is 0 Å². The van der Waals surface area contributed by atoms with E-state index in [-0.39, 0.29) is 24.3 Å². The maximum atomic E-state index is 13.8. The summed E-state index contributed by atoms with van der Waals surface area (Å²) in [6.07, 6.45) is 0.398. The van der Waals surface area contributed by atoms with Gasteiger partial charge in [-0.25, -0.2) is 9.18 Å². The number of nitrogens with zero attached hydrogens (tertiary/aromatic N) is 2. The fraction of sp³-hybridized carbons (Fsp3) is 0.400. The molecule has 118 valence electrons. The molecule has 7 heteroatoms. The zero-order valence-electron chi connectivity index (χ0n) is 12.7. The number of piperidine rings is 1. The summed E-state index contributed by atoms with van der Waals surface area (Å²) in [6.45, 7) is 4.00. The summed E-state index contributed by atoms with van der Waals surface area (Å²) in [7, 11) is 1.45. The van der Waals surface area contributed by atoms with Crippen LogP contribution >= 0.6 is 0 Å². The molecule has 0 spiro atoms. The second kappa shape index (κ2) is 6.13. The lowest BCUT2D eigenvalue weighted by atomic mass is 10.1. The van der Waals surface area contributed by atoms with Gasteiger partial charge in [0.05, 0.1) is 5.52 Å². The number of aryl methyl sites for hydroxylation is 1. The lowest BCUT2D eigenvalue weighted by Crippen LogP contribution is -2.44. The number of imide groups is 1. The quantitative estimate of drug-likeness (QED) is 0.811. The van der Waals surface area contributed by atoms with Crippen molar-refractivity contribution >= 4 is 22.8 Å². The van der Waals surface area contributed by atoms with Crippen LogP contribution in [0.5, 0.6) is 0 Å². The van der Waals surface area contributed by atoms with Gasteiger partial charge >= 0.3 is 5.69 Å². The van der Waals surface area contributed by atoms with E-state index in [4.69, 9.17) is 0 Å². The van der Waals surface area contributed by atoms with Gasteiger partial charge in [-0.05, 0) is 18.6 Å². The minimum absolute atomic E-state index is 0.155. The highest BCUT2D eigenvalue weighted by Gasteiger charge is 2.31. The molecule has 0 radical (unpaired) electrons. The van der Waals surface area contributed by atoms with Crippen molar-refractivity contribution in [2.24, 2.45) is 7.05 Å². The number of benzene rings is 1. The lowest BCUT2D eigenvalue weighted by molar-refractivity contribution is -0.135. The second-order valence-electron chi connectivity index (χ2n) is 4.79. The summed E-state index contributed by atoms with van der Waals surface area (Å²) >= 11 is 0. The van der Waals surface area contributed by atoms with Gasteiger partial charge in [0, 0.05) is 13.5 Å². The number of amides is 2. The molecule has 1 aliphatic heterocycles. The molecule has 22 heavy (non-hydrogen) atoms. The summed E-state index contributed by atoms with van der Waals surface area (Å²) < 4.78 is 16.3. The van der Waals surface area contributed by atoms with Gasteiger partial charge in [-0.3, -0.25) is 24.0 Å². The Labute approximate surface area is 126 Å². The van der Waals surface area contributed by atoms with Crippen molar-refractivity contribution in [1.82, 2.24) is 14.5 Å². The molecule has 1 aliphatic rings. The predicted molar refractivity (Wildman–Crippen MR) is 79.9 cm³/mol. The zero-order chi connectivity index (χ0) is 16.4. The first-order chi connectivity index (χ1) is 10.5. The number of hydrogen-bond acceptors (Lipinski definition) is 3. The molecule has 2 heterocycles. The molecular formula is C15H18FN3O3. The molecule has 2 aromatic rings. The first-order valence-electron chi connectivity index (χ1n) is 7.20.